The van der Waals surface area contributed by atoms with E-state index in [9.17, 15) is 10.1 Å². The summed E-state index contributed by atoms with van der Waals surface area (Å²) < 4.78 is 0. The van der Waals surface area contributed by atoms with Crippen molar-refractivity contribution < 1.29 is 4.92 Å². The number of nitro benzene ring substituents is 1. The summed E-state index contributed by atoms with van der Waals surface area (Å²) in [5.41, 5.74) is 0.964. The molecule has 2 aromatic rings. The molecule has 2 aromatic carbocycles. The Bertz CT molecular complexity index is 707. The first kappa shape index (κ1) is 16.2. The van der Waals surface area contributed by atoms with Crippen LogP contribution in [0.1, 0.15) is 5.56 Å². The van der Waals surface area contributed by atoms with Gasteiger partial charge in [-0.3, -0.25) is 10.1 Å². The second kappa shape index (κ2) is 6.71. The minimum atomic E-state index is -0.549. The molecule has 4 nitrogen and oxygen atoms in total. The van der Waals surface area contributed by atoms with E-state index >= 15 is 0 Å². The van der Waals surface area contributed by atoms with Gasteiger partial charge in [0.25, 0.3) is 5.69 Å². The van der Waals surface area contributed by atoms with Crippen molar-refractivity contribution in [1.82, 2.24) is 0 Å². The third-order valence-corrected chi connectivity index (χ3v) is 4.27. The number of nitrogens with zero attached hydrogens (tertiary/aromatic N) is 1. The molecule has 0 atom stereocenters. The predicted octanol–water partition coefficient (Wildman–Crippen LogP) is 5.82. The standard InChI is InChI=1S/C13H8Cl4N2O2/c14-9-3-4-11(16)13(17)8(9)6-18-7-1-2-10(15)12(5-7)19(20)21/h1-5,18H,6H2. The monoisotopic (exact) mass is 364 g/mol. The maximum Gasteiger partial charge on any atom is 0.289 e. The van der Waals surface area contributed by atoms with Crippen LogP contribution < -0.4 is 5.32 Å². The topological polar surface area (TPSA) is 55.2 Å². The fourth-order valence-electron chi connectivity index (χ4n) is 1.68. The molecule has 0 heterocycles. The second-order valence-corrected chi connectivity index (χ2v) is 5.70. The Labute approximate surface area is 140 Å². The first-order valence-corrected chi connectivity index (χ1v) is 7.21. The van der Waals surface area contributed by atoms with E-state index in [1.165, 1.54) is 12.1 Å². The van der Waals surface area contributed by atoms with Gasteiger partial charge in [0.2, 0.25) is 0 Å². The highest BCUT2D eigenvalue weighted by atomic mass is 35.5. The number of nitro groups is 1. The lowest BCUT2D eigenvalue weighted by Gasteiger charge is -2.11. The lowest BCUT2D eigenvalue weighted by atomic mass is 10.2. The molecule has 0 fully saturated rings. The molecule has 0 saturated heterocycles. The van der Waals surface area contributed by atoms with Crippen molar-refractivity contribution in [3.8, 4) is 0 Å². The molecule has 0 aliphatic carbocycles. The Hall–Kier alpha value is -1.20. The Balaban J connectivity index is 2.23. The summed E-state index contributed by atoms with van der Waals surface area (Å²) in [6.45, 7) is 0.275. The summed E-state index contributed by atoms with van der Waals surface area (Å²) in [5, 5.41) is 15.1. The lowest BCUT2D eigenvalue weighted by Crippen LogP contribution is -2.02. The number of benzene rings is 2. The van der Waals surface area contributed by atoms with Crippen molar-refractivity contribution in [3.05, 3.63) is 66.1 Å². The van der Waals surface area contributed by atoms with Gasteiger partial charge in [-0.15, -0.1) is 0 Å². The van der Waals surface area contributed by atoms with Crippen LogP contribution in [0.25, 0.3) is 0 Å². The van der Waals surface area contributed by atoms with Crippen molar-refractivity contribution in [2.45, 2.75) is 6.54 Å². The molecule has 0 saturated carbocycles. The molecular formula is C13H8Cl4N2O2. The van der Waals surface area contributed by atoms with Crippen molar-refractivity contribution in [3.63, 3.8) is 0 Å². The fraction of sp³-hybridized carbons (Fsp3) is 0.0769. The number of hydrogen-bond donors (Lipinski definition) is 1. The van der Waals surface area contributed by atoms with Crippen LogP contribution in [0.2, 0.25) is 20.1 Å². The van der Waals surface area contributed by atoms with E-state index in [1.807, 2.05) is 0 Å². The van der Waals surface area contributed by atoms with Gasteiger partial charge in [0.05, 0.1) is 15.0 Å². The van der Waals surface area contributed by atoms with Crippen LogP contribution in [0.4, 0.5) is 11.4 Å². The summed E-state index contributed by atoms with van der Waals surface area (Å²) in [6, 6.07) is 7.65. The molecule has 0 aromatic heterocycles. The van der Waals surface area contributed by atoms with Crippen molar-refractivity contribution in [2.75, 3.05) is 5.32 Å². The van der Waals surface area contributed by atoms with Crippen LogP contribution in [0.5, 0.6) is 0 Å². The molecule has 0 unspecified atom stereocenters. The summed E-state index contributed by atoms with van der Waals surface area (Å²) in [7, 11) is 0. The maximum absolute atomic E-state index is 10.8. The van der Waals surface area contributed by atoms with Gasteiger partial charge in [0.15, 0.2) is 0 Å². The third-order valence-electron chi connectivity index (χ3n) is 2.75. The number of hydrogen-bond acceptors (Lipinski definition) is 3. The zero-order chi connectivity index (χ0) is 15.6. The van der Waals surface area contributed by atoms with E-state index in [0.717, 1.165) is 0 Å². The van der Waals surface area contributed by atoms with Gasteiger partial charge < -0.3 is 5.32 Å². The van der Waals surface area contributed by atoms with E-state index in [0.29, 0.717) is 26.3 Å². The number of anilines is 1. The summed E-state index contributed by atoms with van der Waals surface area (Å²) in [6.07, 6.45) is 0. The second-order valence-electron chi connectivity index (χ2n) is 4.10. The largest absolute Gasteiger partial charge is 0.381 e. The van der Waals surface area contributed by atoms with E-state index < -0.39 is 4.92 Å². The van der Waals surface area contributed by atoms with Crippen molar-refractivity contribution >= 4 is 57.8 Å². The van der Waals surface area contributed by atoms with Gasteiger partial charge in [-0.05, 0) is 24.3 Å². The number of nitrogens with one attached hydrogen (secondary N) is 1. The van der Waals surface area contributed by atoms with Gasteiger partial charge in [0.1, 0.15) is 5.02 Å². The lowest BCUT2D eigenvalue weighted by molar-refractivity contribution is -0.384. The Morgan fingerprint density at radius 1 is 1.00 bits per heavy atom. The SMILES string of the molecule is O=[N+]([O-])c1cc(NCc2c(Cl)ccc(Cl)c2Cl)ccc1Cl. The van der Waals surface area contributed by atoms with Crippen LogP contribution in [0.3, 0.4) is 0 Å². The third kappa shape index (κ3) is 3.71. The highest BCUT2D eigenvalue weighted by Gasteiger charge is 2.14. The Kier molecular flexibility index (Phi) is 5.17. The highest BCUT2D eigenvalue weighted by Crippen LogP contribution is 2.33. The average Bonchev–Trinajstić information content (AvgIpc) is 2.44. The van der Waals surface area contributed by atoms with E-state index in [4.69, 9.17) is 46.4 Å². The molecule has 1 N–H and O–H groups in total. The molecule has 0 bridgehead atoms. The molecule has 2 rings (SSSR count). The zero-order valence-electron chi connectivity index (χ0n) is 10.4. The quantitative estimate of drug-likeness (QED) is 0.421. The number of rotatable bonds is 4. The van der Waals surface area contributed by atoms with Crippen LogP contribution >= 0.6 is 46.4 Å². The predicted molar refractivity (Wildman–Crippen MR) is 86.9 cm³/mol. The first-order chi connectivity index (χ1) is 9.90. The van der Waals surface area contributed by atoms with Crippen LogP contribution in [-0.4, -0.2) is 4.92 Å². The summed E-state index contributed by atoms with van der Waals surface area (Å²) >= 11 is 23.8. The van der Waals surface area contributed by atoms with Crippen LogP contribution in [0, 0.1) is 10.1 Å². The first-order valence-electron chi connectivity index (χ1n) is 5.70. The fourth-order valence-corrected chi connectivity index (χ4v) is 2.55. The Morgan fingerprint density at radius 3 is 2.29 bits per heavy atom. The Morgan fingerprint density at radius 2 is 1.62 bits per heavy atom. The minimum absolute atomic E-state index is 0.0735. The van der Waals surface area contributed by atoms with Gasteiger partial charge >= 0.3 is 0 Å². The summed E-state index contributed by atoms with van der Waals surface area (Å²) in [4.78, 5) is 10.3. The molecule has 8 heteroatoms. The normalized spacial score (nSPS) is 10.5. The highest BCUT2D eigenvalue weighted by molar-refractivity contribution is 6.44. The van der Waals surface area contributed by atoms with E-state index in [1.54, 1.807) is 18.2 Å². The van der Waals surface area contributed by atoms with E-state index in [-0.39, 0.29) is 17.3 Å². The zero-order valence-corrected chi connectivity index (χ0v) is 13.4. The van der Waals surface area contributed by atoms with Crippen molar-refractivity contribution in [2.24, 2.45) is 0 Å². The molecule has 0 radical (unpaired) electrons. The molecular weight excluding hydrogens is 358 g/mol. The smallest absolute Gasteiger partial charge is 0.289 e. The molecule has 110 valence electrons. The summed E-state index contributed by atoms with van der Waals surface area (Å²) in [5.74, 6) is 0. The van der Waals surface area contributed by atoms with Gasteiger partial charge in [0, 0.05) is 28.9 Å². The van der Waals surface area contributed by atoms with Crippen molar-refractivity contribution in [1.29, 1.82) is 0 Å². The molecule has 0 amide bonds. The molecule has 0 spiro atoms. The number of halogens is 4. The minimum Gasteiger partial charge on any atom is -0.381 e. The molecule has 21 heavy (non-hydrogen) atoms. The van der Waals surface area contributed by atoms with Crippen LogP contribution in [0.15, 0.2) is 30.3 Å². The molecule has 0 aliphatic heterocycles. The average molecular weight is 366 g/mol. The van der Waals surface area contributed by atoms with Gasteiger partial charge in [-0.25, -0.2) is 0 Å². The van der Waals surface area contributed by atoms with E-state index in [2.05, 4.69) is 5.32 Å². The van der Waals surface area contributed by atoms with Gasteiger partial charge in [-0.2, -0.15) is 0 Å². The maximum atomic E-state index is 10.8. The molecule has 0 aliphatic rings. The van der Waals surface area contributed by atoms with Gasteiger partial charge in [-0.1, -0.05) is 46.4 Å². The van der Waals surface area contributed by atoms with Crippen LogP contribution in [-0.2, 0) is 6.54 Å².